The highest BCUT2D eigenvalue weighted by atomic mass is 79.9. The largest absolute Gasteiger partial charge is 0.381 e. The van der Waals surface area contributed by atoms with Crippen molar-refractivity contribution in [1.82, 2.24) is 0 Å². The first-order valence-corrected chi connectivity index (χ1v) is 7.12. The van der Waals surface area contributed by atoms with Crippen molar-refractivity contribution in [2.45, 2.75) is 25.3 Å². The van der Waals surface area contributed by atoms with E-state index in [0.717, 1.165) is 47.5 Å². The second-order valence-electron chi connectivity index (χ2n) is 4.57. The molecule has 0 saturated carbocycles. The zero-order valence-electron chi connectivity index (χ0n) is 9.66. The fourth-order valence-electron chi connectivity index (χ4n) is 2.22. The molecule has 1 aromatic carbocycles. The summed E-state index contributed by atoms with van der Waals surface area (Å²) in [5.41, 5.74) is 7.39. The summed E-state index contributed by atoms with van der Waals surface area (Å²) in [6, 6.07) is 6.01. The first kappa shape index (κ1) is 13.3. The molecule has 0 spiro atoms. The van der Waals surface area contributed by atoms with Crippen molar-refractivity contribution in [2.24, 2.45) is 11.7 Å². The van der Waals surface area contributed by atoms with Crippen LogP contribution >= 0.6 is 27.5 Å². The van der Waals surface area contributed by atoms with Crippen LogP contribution in [-0.2, 0) is 4.74 Å². The second kappa shape index (κ2) is 6.19. The van der Waals surface area contributed by atoms with E-state index >= 15 is 0 Å². The van der Waals surface area contributed by atoms with Gasteiger partial charge >= 0.3 is 0 Å². The number of halogens is 2. The molecule has 94 valence electrons. The van der Waals surface area contributed by atoms with Gasteiger partial charge in [-0.2, -0.15) is 0 Å². The van der Waals surface area contributed by atoms with Gasteiger partial charge in [-0.1, -0.05) is 17.7 Å². The Balaban J connectivity index is 1.98. The third-order valence-electron chi connectivity index (χ3n) is 3.30. The highest BCUT2D eigenvalue weighted by Crippen LogP contribution is 2.30. The number of rotatable bonds is 3. The Bertz CT molecular complexity index is 380. The highest BCUT2D eigenvalue weighted by Gasteiger charge is 2.18. The normalized spacial score (nSPS) is 19.2. The van der Waals surface area contributed by atoms with Gasteiger partial charge in [0, 0.05) is 23.7 Å². The van der Waals surface area contributed by atoms with Crippen LogP contribution in [0.1, 0.15) is 30.9 Å². The van der Waals surface area contributed by atoms with Crippen molar-refractivity contribution in [3.8, 4) is 0 Å². The Kier molecular flexibility index (Phi) is 4.86. The monoisotopic (exact) mass is 317 g/mol. The van der Waals surface area contributed by atoms with Gasteiger partial charge in [-0.05, 0) is 58.8 Å². The Hall–Kier alpha value is -0.0900. The summed E-state index contributed by atoms with van der Waals surface area (Å²) >= 11 is 9.41. The Morgan fingerprint density at radius 1 is 1.41 bits per heavy atom. The summed E-state index contributed by atoms with van der Waals surface area (Å²) in [5.74, 6) is 0.688. The van der Waals surface area contributed by atoms with E-state index in [1.165, 1.54) is 0 Å². The van der Waals surface area contributed by atoms with Gasteiger partial charge in [0.25, 0.3) is 0 Å². The maximum Gasteiger partial charge on any atom is 0.0548 e. The fraction of sp³-hybridized carbons (Fsp3) is 0.538. The standard InChI is InChI=1S/C13H17BrClNO/c14-11-8-10(1-2-12(11)15)13(16)7-9-3-5-17-6-4-9/h1-2,8-9,13H,3-7,16H2. The average molecular weight is 319 g/mol. The molecule has 17 heavy (non-hydrogen) atoms. The van der Waals surface area contributed by atoms with Crippen molar-refractivity contribution in [1.29, 1.82) is 0 Å². The van der Waals surface area contributed by atoms with E-state index in [2.05, 4.69) is 15.9 Å². The molecule has 4 heteroatoms. The van der Waals surface area contributed by atoms with Gasteiger partial charge in [-0.3, -0.25) is 0 Å². The maximum atomic E-state index is 6.24. The molecule has 0 aromatic heterocycles. The quantitative estimate of drug-likeness (QED) is 0.917. The molecular weight excluding hydrogens is 302 g/mol. The predicted octanol–water partition coefficient (Wildman–Crippen LogP) is 3.92. The molecule has 0 bridgehead atoms. The average Bonchev–Trinajstić information content (AvgIpc) is 2.34. The topological polar surface area (TPSA) is 35.2 Å². The zero-order valence-corrected chi connectivity index (χ0v) is 12.0. The maximum absolute atomic E-state index is 6.24. The van der Waals surface area contributed by atoms with Gasteiger partial charge in [0.05, 0.1) is 5.02 Å². The molecule has 2 rings (SSSR count). The Labute approximate surface area is 116 Å². The highest BCUT2D eigenvalue weighted by molar-refractivity contribution is 9.10. The van der Waals surface area contributed by atoms with E-state index in [1.54, 1.807) is 0 Å². The number of nitrogens with two attached hydrogens (primary N) is 1. The molecule has 1 aliphatic heterocycles. The van der Waals surface area contributed by atoms with Gasteiger partial charge in [0.2, 0.25) is 0 Å². The van der Waals surface area contributed by atoms with Gasteiger partial charge < -0.3 is 10.5 Å². The minimum Gasteiger partial charge on any atom is -0.381 e. The molecule has 1 aromatic rings. The van der Waals surface area contributed by atoms with Crippen LogP contribution in [0.5, 0.6) is 0 Å². The first-order chi connectivity index (χ1) is 8.16. The SMILES string of the molecule is NC(CC1CCOCC1)c1ccc(Cl)c(Br)c1. The van der Waals surface area contributed by atoms with Crippen LogP contribution in [0.4, 0.5) is 0 Å². The lowest BCUT2D eigenvalue weighted by Gasteiger charge is -2.25. The van der Waals surface area contributed by atoms with Crippen LogP contribution in [0.25, 0.3) is 0 Å². The number of hydrogen-bond donors (Lipinski definition) is 1. The molecule has 1 atom stereocenters. The van der Waals surface area contributed by atoms with E-state index in [4.69, 9.17) is 22.1 Å². The summed E-state index contributed by atoms with van der Waals surface area (Å²) in [5, 5.41) is 0.729. The number of benzene rings is 1. The molecule has 0 amide bonds. The van der Waals surface area contributed by atoms with Gasteiger partial charge in [0.15, 0.2) is 0 Å². The van der Waals surface area contributed by atoms with E-state index in [1.807, 2.05) is 18.2 Å². The first-order valence-electron chi connectivity index (χ1n) is 5.95. The van der Waals surface area contributed by atoms with Gasteiger partial charge in [0.1, 0.15) is 0 Å². The van der Waals surface area contributed by atoms with Crippen molar-refractivity contribution in [3.05, 3.63) is 33.3 Å². The lowest BCUT2D eigenvalue weighted by Crippen LogP contribution is -2.21. The molecule has 1 heterocycles. The fourth-order valence-corrected chi connectivity index (χ4v) is 2.73. The van der Waals surface area contributed by atoms with E-state index < -0.39 is 0 Å². The Morgan fingerprint density at radius 3 is 2.76 bits per heavy atom. The summed E-state index contributed by atoms with van der Waals surface area (Å²) in [6.07, 6.45) is 3.28. The Morgan fingerprint density at radius 2 is 2.12 bits per heavy atom. The molecule has 2 nitrogen and oxygen atoms in total. The van der Waals surface area contributed by atoms with Crippen LogP contribution in [-0.4, -0.2) is 13.2 Å². The van der Waals surface area contributed by atoms with Crippen molar-refractivity contribution in [2.75, 3.05) is 13.2 Å². The smallest absolute Gasteiger partial charge is 0.0548 e. The molecule has 0 aliphatic carbocycles. The summed E-state index contributed by atoms with van der Waals surface area (Å²) in [7, 11) is 0. The van der Waals surface area contributed by atoms with Crippen LogP contribution in [0, 0.1) is 5.92 Å². The minimum atomic E-state index is 0.0895. The van der Waals surface area contributed by atoms with E-state index in [9.17, 15) is 0 Å². The predicted molar refractivity (Wildman–Crippen MR) is 74.2 cm³/mol. The lowest BCUT2D eigenvalue weighted by molar-refractivity contribution is 0.0618. The number of ether oxygens (including phenoxy) is 1. The molecular formula is C13H17BrClNO. The molecule has 2 N–H and O–H groups in total. The van der Waals surface area contributed by atoms with E-state index in [-0.39, 0.29) is 6.04 Å². The van der Waals surface area contributed by atoms with Crippen LogP contribution < -0.4 is 5.73 Å². The molecule has 1 aliphatic rings. The molecule has 1 fully saturated rings. The summed E-state index contributed by atoms with van der Waals surface area (Å²) in [4.78, 5) is 0. The van der Waals surface area contributed by atoms with Crippen LogP contribution in [0.3, 0.4) is 0 Å². The lowest BCUT2D eigenvalue weighted by atomic mass is 9.90. The molecule has 1 saturated heterocycles. The van der Waals surface area contributed by atoms with Crippen molar-refractivity contribution < 1.29 is 4.74 Å². The third kappa shape index (κ3) is 3.68. The van der Waals surface area contributed by atoms with E-state index in [0.29, 0.717) is 5.92 Å². The zero-order chi connectivity index (χ0) is 12.3. The van der Waals surface area contributed by atoms with Gasteiger partial charge in [-0.25, -0.2) is 0 Å². The third-order valence-corrected chi connectivity index (χ3v) is 4.51. The minimum absolute atomic E-state index is 0.0895. The molecule has 1 unspecified atom stereocenters. The van der Waals surface area contributed by atoms with Crippen molar-refractivity contribution >= 4 is 27.5 Å². The van der Waals surface area contributed by atoms with Crippen LogP contribution in [0.15, 0.2) is 22.7 Å². The van der Waals surface area contributed by atoms with Crippen LogP contribution in [0.2, 0.25) is 5.02 Å². The van der Waals surface area contributed by atoms with Gasteiger partial charge in [-0.15, -0.1) is 0 Å². The summed E-state index contributed by atoms with van der Waals surface area (Å²) < 4.78 is 6.27. The summed E-state index contributed by atoms with van der Waals surface area (Å²) in [6.45, 7) is 1.75. The second-order valence-corrected chi connectivity index (χ2v) is 5.83. The number of hydrogen-bond acceptors (Lipinski definition) is 2. The van der Waals surface area contributed by atoms with Crippen molar-refractivity contribution in [3.63, 3.8) is 0 Å². The molecule has 0 radical (unpaired) electrons.